The molecule has 2 aromatic rings. The molecule has 0 saturated heterocycles. The first-order valence-electron chi connectivity index (χ1n) is 10.4. The molecule has 0 aliphatic heterocycles. The third kappa shape index (κ3) is 6.17. The molecule has 1 saturated carbocycles. The Hall–Kier alpha value is -3.15. The van der Waals surface area contributed by atoms with Crippen LogP contribution < -0.4 is 15.5 Å². The van der Waals surface area contributed by atoms with Gasteiger partial charge in [0.05, 0.1) is 19.2 Å². The minimum Gasteiger partial charge on any atom is -0.497 e. The second-order valence-electron chi connectivity index (χ2n) is 7.66. The maximum atomic E-state index is 12.4. The molecule has 30 heavy (non-hydrogen) atoms. The van der Waals surface area contributed by atoms with Crippen molar-refractivity contribution in [3.8, 4) is 5.75 Å². The second kappa shape index (κ2) is 10.6. The van der Waals surface area contributed by atoms with Crippen LogP contribution in [0.25, 0.3) is 0 Å². The third-order valence-electron chi connectivity index (χ3n) is 5.42. The van der Waals surface area contributed by atoms with Crippen molar-refractivity contribution in [3.63, 3.8) is 0 Å². The summed E-state index contributed by atoms with van der Waals surface area (Å²) in [6.07, 6.45) is 5.70. The Kier molecular flexibility index (Phi) is 7.60. The Balaban J connectivity index is 1.51. The summed E-state index contributed by atoms with van der Waals surface area (Å²) in [7, 11) is 1.61. The zero-order chi connectivity index (χ0) is 21.3. The van der Waals surface area contributed by atoms with E-state index < -0.39 is 0 Å². The van der Waals surface area contributed by atoms with Gasteiger partial charge >= 0.3 is 0 Å². The van der Waals surface area contributed by atoms with Crippen molar-refractivity contribution in [3.05, 3.63) is 59.7 Å². The lowest BCUT2D eigenvalue weighted by molar-refractivity contribution is -0.121. The van der Waals surface area contributed by atoms with Crippen LogP contribution in [0.4, 0.5) is 5.69 Å². The van der Waals surface area contributed by atoms with E-state index in [9.17, 15) is 9.59 Å². The van der Waals surface area contributed by atoms with Crippen molar-refractivity contribution in [1.29, 1.82) is 0 Å². The molecule has 0 atom stereocenters. The average molecular weight is 408 g/mol. The maximum Gasteiger partial charge on any atom is 0.244 e. The van der Waals surface area contributed by atoms with Gasteiger partial charge in [-0.2, -0.15) is 5.10 Å². The largest absolute Gasteiger partial charge is 0.497 e. The van der Waals surface area contributed by atoms with Crippen molar-refractivity contribution in [2.24, 2.45) is 11.0 Å². The highest BCUT2D eigenvalue weighted by atomic mass is 16.5. The van der Waals surface area contributed by atoms with Gasteiger partial charge in [-0.1, -0.05) is 43.5 Å². The quantitative estimate of drug-likeness (QED) is 0.531. The first-order valence-corrected chi connectivity index (χ1v) is 10.4. The van der Waals surface area contributed by atoms with Crippen LogP contribution in [0, 0.1) is 5.92 Å². The number of hydrazone groups is 1. The number of ether oxygens (including phenoxy) is 1. The molecule has 6 heteroatoms. The number of amides is 2. The molecule has 0 spiro atoms. The van der Waals surface area contributed by atoms with Crippen LogP contribution in [0.1, 0.15) is 50.2 Å². The molecule has 2 amide bonds. The van der Waals surface area contributed by atoms with Gasteiger partial charge in [0.15, 0.2) is 0 Å². The molecule has 0 aromatic heterocycles. The van der Waals surface area contributed by atoms with Gasteiger partial charge in [-0.25, -0.2) is 5.43 Å². The Labute approximate surface area is 177 Å². The normalized spacial score (nSPS) is 14.8. The van der Waals surface area contributed by atoms with Crippen LogP contribution in [0.5, 0.6) is 5.75 Å². The Morgan fingerprint density at radius 3 is 2.30 bits per heavy atom. The van der Waals surface area contributed by atoms with E-state index in [4.69, 9.17) is 4.74 Å². The van der Waals surface area contributed by atoms with Gasteiger partial charge in [0.25, 0.3) is 0 Å². The molecule has 2 aromatic carbocycles. The smallest absolute Gasteiger partial charge is 0.244 e. The van der Waals surface area contributed by atoms with Crippen molar-refractivity contribution >= 4 is 23.2 Å². The fraction of sp³-hybridized carbons (Fsp3) is 0.375. The van der Waals surface area contributed by atoms with E-state index in [2.05, 4.69) is 15.8 Å². The number of nitrogens with zero attached hydrogens (tertiary/aromatic N) is 1. The number of rotatable bonds is 7. The minimum absolute atomic E-state index is 0.110. The third-order valence-corrected chi connectivity index (χ3v) is 5.42. The number of anilines is 1. The van der Waals surface area contributed by atoms with Crippen molar-refractivity contribution < 1.29 is 14.3 Å². The highest BCUT2D eigenvalue weighted by Gasteiger charge is 2.20. The van der Waals surface area contributed by atoms with E-state index in [1.54, 1.807) is 7.11 Å². The summed E-state index contributed by atoms with van der Waals surface area (Å²) in [6, 6.07) is 14.9. The molecule has 0 unspecified atom stereocenters. The van der Waals surface area contributed by atoms with Gasteiger partial charge in [0.1, 0.15) is 5.75 Å². The first kappa shape index (κ1) is 21.6. The summed E-state index contributed by atoms with van der Waals surface area (Å²) in [5.74, 6) is 0.809. The van der Waals surface area contributed by atoms with Crippen molar-refractivity contribution in [2.45, 2.75) is 45.4 Å². The minimum atomic E-state index is -0.184. The maximum absolute atomic E-state index is 12.4. The highest BCUT2D eigenvalue weighted by molar-refractivity contribution is 6.00. The van der Waals surface area contributed by atoms with Crippen LogP contribution in [0.2, 0.25) is 0 Å². The number of hydrogen-bond donors (Lipinski definition) is 2. The van der Waals surface area contributed by atoms with E-state index in [0.29, 0.717) is 5.71 Å². The van der Waals surface area contributed by atoms with Gasteiger partial charge < -0.3 is 10.1 Å². The Morgan fingerprint density at radius 1 is 1.00 bits per heavy atom. The van der Waals surface area contributed by atoms with Crippen LogP contribution >= 0.6 is 0 Å². The lowest BCUT2D eigenvalue weighted by atomic mass is 9.88. The summed E-state index contributed by atoms with van der Waals surface area (Å²) >= 11 is 0. The SMILES string of the molecule is COc1ccc(CC(=O)NN=C(C)c2ccc(NC(=O)C3CCCCC3)cc2)cc1. The van der Waals surface area contributed by atoms with Gasteiger partial charge in [0.2, 0.25) is 11.8 Å². The van der Waals surface area contributed by atoms with E-state index in [1.165, 1.54) is 6.42 Å². The Morgan fingerprint density at radius 2 is 1.67 bits per heavy atom. The number of hydrogen-bond acceptors (Lipinski definition) is 4. The fourth-order valence-corrected chi connectivity index (χ4v) is 3.58. The molecule has 1 aliphatic rings. The number of carbonyl (C=O) groups excluding carboxylic acids is 2. The Bertz CT molecular complexity index is 883. The molecule has 3 rings (SSSR count). The fourth-order valence-electron chi connectivity index (χ4n) is 3.58. The molecule has 0 heterocycles. The molecule has 1 fully saturated rings. The van der Waals surface area contributed by atoms with E-state index in [0.717, 1.165) is 48.2 Å². The predicted molar refractivity (Wildman–Crippen MR) is 119 cm³/mol. The monoisotopic (exact) mass is 407 g/mol. The van der Waals surface area contributed by atoms with Gasteiger partial charge in [0, 0.05) is 11.6 Å². The summed E-state index contributed by atoms with van der Waals surface area (Å²) in [4.78, 5) is 24.5. The van der Waals surface area contributed by atoms with E-state index in [-0.39, 0.29) is 24.2 Å². The van der Waals surface area contributed by atoms with Crippen molar-refractivity contribution in [1.82, 2.24) is 5.43 Å². The lowest BCUT2D eigenvalue weighted by Crippen LogP contribution is -2.24. The van der Waals surface area contributed by atoms with Crippen LogP contribution in [-0.2, 0) is 16.0 Å². The highest BCUT2D eigenvalue weighted by Crippen LogP contribution is 2.25. The molecule has 0 radical (unpaired) electrons. The number of methoxy groups -OCH3 is 1. The molecule has 0 bridgehead atoms. The zero-order valence-corrected chi connectivity index (χ0v) is 17.6. The predicted octanol–water partition coefficient (Wildman–Crippen LogP) is 4.30. The average Bonchev–Trinajstić information content (AvgIpc) is 2.79. The standard InChI is InChI=1S/C24H29N3O3/c1-17(26-27-23(28)16-18-8-14-22(30-2)15-9-18)19-10-12-21(13-11-19)25-24(29)20-6-4-3-5-7-20/h8-15,20H,3-7,16H2,1-2H3,(H,25,29)(H,27,28). The lowest BCUT2D eigenvalue weighted by Gasteiger charge is -2.20. The van der Waals surface area contributed by atoms with Gasteiger partial charge in [-0.05, 0) is 55.2 Å². The molecule has 158 valence electrons. The molecular formula is C24H29N3O3. The number of carbonyl (C=O) groups is 2. The van der Waals surface area contributed by atoms with Crippen LogP contribution in [-0.4, -0.2) is 24.6 Å². The summed E-state index contributed by atoms with van der Waals surface area (Å²) < 4.78 is 5.12. The molecular weight excluding hydrogens is 378 g/mol. The summed E-state index contributed by atoms with van der Waals surface area (Å²) in [5, 5.41) is 7.20. The summed E-state index contributed by atoms with van der Waals surface area (Å²) in [6.45, 7) is 1.84. The second-order valence-corrected chi connectivity index (χ2v) is 7.66. The first-order chi connectivity index (χ1) is 14.5. The van der Waals surface area contributed by atoms with Crippen LogP contribution in [0.3, 0.4) is 0 Å². The van der Waals surface area contributed by atoms with Gasteiger partial charge in [-0.3, -0.25) is 9.59 Å². The molecule has 6 nitrogen and oxygen atoms in total. The molecule has 2 N–H and O–H groups in total. The number of benzene rings is 2. The molecule has 1 aliphatic carbocycles. The van der Waals surface area contributed by atoms with E-state index >= 15 is 0 Å². The number of nitrogens with one attached hydrogen (secondary N) is 2. The topological polar surface area (TPSA) is 79.8 Å². The van der Waals surface area contributed by atoms with Crippen LogP contribution in [0.15, 0.2) is 53.6 Å². The summed E-state index contributed by atoms with van der Waals surface area (Å²) in [5.41, 5.74) is 5.85. The van der Waals surface area contributed by atoms with Gasteiger partial charge in [-0.15, -0.1) is 0 Å². The van der Waals surface area contributed by atoms with E-state index in [1.807, 2.05) is 55.5 Å². The van der Waals surface area contributed by atoms with Crippen molar-refractivity contribution in [2.75, 3.05) is 12.4 Å². The zero-order valence-electron chi connectivity index (χ0n) is 17.6.